The molecule has 0 bridgehead atoms. The minimum atomic E-state index is 0.597. The van der Waals surface area contributed by atoms with Gasteiger partial charge in [0, 0.05) is 19.5 Å². The Balaban J connectivity index is 2.26. The second-order valence-corrected chi connectivity index (χ2v) is 3.92. The van der Waals surface area contributed by atoms with Gasteiger partial charge in [0.1, 0.15) is 5.84 Å². The predicted molar refractivity (Wildman–Crippen MR) is 59.9 cm³/mol. The molecule has 2 rings (SSSR count). The highest BCUT2D eigenvalue weighted by molar-refractivity contribution is 5.88. The fourth-order valence-corrected chi connectivity index (χ4v) is 1.84. The number of rotatable bonds is 1. The second kappa shape index (κ2) is 3.82. The molecule has 2 heteroatoms. The number of amidine groups is 1. The average Bonchev–Trinajstić information content (AvgIpc) is 2.51. The standard InChI is InChI=1S/C12H16N2/c1-10-8-9-14(2)12(10)13-11-6-4-3-5-7-11/h3-7,10H,8-9H2,1-2H3. The number of hydrogen-bond acceptors (Lipinski definition) is 1. The number of nitrogens with zero attached hydrogens (tertiary/aromatic N) is 2. The van der Waals surface area contributed by atoms with Crippen LogP contribution >= 0.6 is 0 Å². The van der Waals surface area contributed by atoms with Crippen LogP contribution in [0, 0.1) is 5.92 Å². The molecule has 1 heterocycles. The summed E-state index contributed by atoms with van der Waals surface area (Å²) in [6.07, 6.45) is 1.22. The van der Waals surface area contributed by atoms with E-state index in [0.717, 1.165) is 12.2 Å². The minimum Gasteiger partial charge on any atom is -0.363 e. The van der Waals surface area contributed by atoms with E-state index in [-0.39, 0.29) is 0 Å². The zero-order valence-corrected chi connectivity index (χ0v) is 8.77. The molecule has 74 valence electrons. The van der Waals surface area contributed by atoms with E-state index in [0.29, 0.717) is 5.92 Å². The van der Waals surface area contributed by atoms with Crippen LogP contribution in [0.15, 0.2) is 35.3 Å². The molecule has 1 fully saturated rings. The lowest BCUT2D eigenvalue weighted by molar-refractivity contribution is 0.547. The van der Waals surface area contributed by atoms with Gasteiger partial charge in [0.05, 0.1) is 5.69 Å². The van der Waals surface area contributed by atoms with Gasteiger partial charge in [-0.25, -0.2) is 4.99 Å². The van der Waals surface area contributed by atoms with Crippen molar-refractivity contribution < 1.29 is 0 Å². The molecule has 2 nitrogen and oxygen atoms in total. The number of hydrogen-bond donors (Lipinski definition) is 0. The highest BCUT2D eigenvalue weighted by Crippen LogP contribution is 2.21. The van der Waals surface area contributed by atoms with Crippen LogP contribution in [0.25, 0.3) is 0 Å². The zero-order chi connectivity index (χ0) is 9.97. The first-order valence-electron chi connectivity index (χ1n) is 5.12. The Kier molecular flexibility index (Phi) is 2.53. The molecule has 1 aliphatic heterocycles. The van der Waals surface area contributed by atoms with Gasteiger partial charge in [-0.3, -0.25) is 0 Å². The van der Waals surface area contributed by atoms with E-state index in [1.54, 1.807) is 0 Å². The molecule has 0 radical (unpaired) electrons. The van der Waals surface area contributed by atoms with Gasteiger partial charge >= 0.3 is 0 Å². The van der Waals surface area contributed by atoms with Gasteiger partial charge in [0.15, 0.2) is 0 Å². The topological polar surface area (TPSA) is 15.6 Å². The van der Waals surface area contributed by atoms with E-state index < -0.39 is 0 Å². The van der Waals surface area contributed by atoms with Crippen LogP contribution in [-0.4, -0.2) is 24.3 Å². The Morgan fingerprint density at radius 2 is 2.00 bits per heavy atom. The molecule has 1 saturated heterocycles. The lowest BCUT2D eigenvalue weighted by Crippen LogP contribution is -2.21. The van der Waals surface area contributed by atoms with Gasteiger partial charge in [-0.1, -0.05) is 25.1 Å². The molecule has 0 saturated carbocycles. The summed E-state index contributed by atoms with van der Waals surface area (Å²) in [4.78, 5) is 6.91. The van der Waals surface area contributed by atoms with Crippen molar-refractivity contribution in [2.45, 2.75) is 13.3 Å². The van der Waals surface area contributed by atoms with Gasteiger partial charge in [-0.2, -0.15) is 0 Å². The van der Waals surface area contributed by atoms with Crippen LogP contribution < -0.4 is 0 Å². The third kappa shape index (κ3) is 1.79. The molecule has 1 aromatic rings. The maximum Gasteiger partial charge on any atom is 0.107 e. The molecule has 14 heavy (non-hydrogen) atoms. The van der Waals surface area contributed by atoms with Crippen molar-refractivity contribution in [3.05, 3.63) is 30.3 Å². The predicted octanol–water partition coefficient (Wildman–Crippen LogP) is 2.69. The van der Waals surface area contributed by atoms with Crippen molar-refractivity contribution in [2.24, 2.45) is 10.9 Å². The summed E-state index contributed by atoms with van der Waals surface area (Å²) in [6, 6.07) is 10.2. The molecule has 1 aromatic carbocycles. The smallest absolute Gasteiger partial charge is 0.107 e. The summed E-state index contributed by atoms with van der Waals surface area (Å²) >= 11 is 0. The molecule has 1 unspecified atom stereocenters. The van der Waals surface area contributed by atoms with E-state index in [1.807, 2.05) is 30.3 Å². The Morgan fingerprint density at radius 1 is 1.29 bits per heavy atom. The van der Waals surface area contributed by atoms with Gasteiger partial charge in [-0.15, -0.1) is 0 Å². The first kappa shape index (κ1) is 9.25. The Hall–Kier alpha value is -1.31. The third-order valence-corrected chi connectivity index (χ3v) is 2.73. The quantitative estimate of drug-likeness (QED) is 0.661. The maximum absolute atomic E-state index is 4.66. The molecule has 0 aromatic heterocycles. The Labute approximate surface area is 85.3 Å². The number of aliphatic imine (C=N–C) groups is 1. The van der Waals surface area contributed by atoms with Crippen LogP contribution in [0.5, 0.6) is 0 Å². The van der Waals surface area contributed by atoms with Crippen molar-refractivity contribution in [3.63, 3.8) is 0 Å². The molecular weight excluding hydrogens is 172 g/mol. The highest BCUT2D eigenvalue weighted by Gasteiger charge is 2.22. The minimum absolute atomic E-state index is 0.597. The van der Waals surface area contributed by atoms with E-state index in [1.165, 1.54) is 12.3 Å². The van der Waals surface area contributed by atoms with E-state index >= 15 is 0 Å². The summed E-state index contributed by atoms with van der Waals surface area (Å²) in [6.45, 7) is 3.37. The van der Waals surface area contributed by atoms with Crippen molar-refractivity contribution in [1.82, 2.24) is 4.90 Å². The maximum atomic E-state index is 4.66. The van der Waals surface area contributed by atoms with Crippen LogP contribution in [0.3, 0.4) is 0 Å². The molecule has 1 aliphatic rings. The average molecular weight is 188 g/mol. The first-order chi connectivity index (χ1) is 6.77. The Morgan fingerprint density at radius 3 is 2.57 bits per heavy atom. The van der Waals surface area contributed by atoms with Gasteiger partial charge < -0.3 is 4.90 Å². The van der Waals surface area contributed by atoms with Gasteiger partial charge in [-0.05, 0) is 18.6 Å². The van der Waals surface area contributed by atoms with Crippen molar-refractivity contribution in [2.75, 3.05) is 13.6 Å². The number of para-hydroxylation sites is 1. The molecule has 0 N–H and O–H groups in total. The number of benzene rings is 1. The van der Waals surface area contributed by atoms with Crippen molar-refractivity contribution in [3.8, 4) is 0 Å². The Bertz CT molecular complexity index is 317. The van der Waals surface area contributed by atoms with E-state index in [2.05, 4.69) is 23.9 Å². The lowest BCUT2D eigenvalue weighted by Gasteiger charge is -2.13. The van der Waals surface area contributed by atoms with Crippen molar-refractivity contribution >= 4 is 11.5 Å². The third-order valence-electron chi connectivity index (χ3n) is 2.73. The molecule has 0 aliphatic carbocycles. The normalized spacial score (nSPS) is 24.6. The van der Waals surface area contributed by atoms with Crippen LogP contribution in [-0.2, 0) is 0 Å². The van der Waals surface area contributed by atoms with E-state index in [4.69, 9.17) is 0 Å². The zero-order valence-electron chi connectivity index (χ0n) is 8.77. The summed E-state index contributed by atoms with van der Waals surface area (Å²) in [7, 11) is 2.12. The highest BCUT2D eigenvalue weighted by atomic mass is 15.2. The largest absolute Gasteiger partial charge is 0.363 e. The monoisotopic (exact) mass is 188 g/mol. The first-order valence-corrected chi connectivity index (χ1v) is 5.12. The van der Waals surface area contributed by atoms with Gasteiger partial charge in [0.2, 0.25) is 0 Å². The molecular formula is C12H16N2. The summed E-state index contributed by atoms with van der Waals surface area (Å²) in [5.41, 5.74) is 1.06. The van der Waals surface area contributed by atoms with E-state index in [9.17, 15) is 0 Å². The van der Waals surface area contributed by atoms with Crippen molar-refractivity contribution in [1.29, 1.82) is 0 Å². The number of likely N-dealkylation sites (tertiary alicyclic amines) is 1. The summed E-state index contributed by atoms with van der Waals surface area (Å²) in [5, 5.41) is 0. The van der Waals surface area contributed by atoms with Gasteiger partial charge in [0.25, 0.3) is 0 Å². The van der Waals surface area contributed by atoms with Crippen LogP contribution in [0.4, 0.5) is 5.69 Å². The molecule has 0 amide bonds. The fourth-order valence-electron chi connectivity index (χ4n) is 1.84. The molecule has 1 atom stereocenters. The van der Waals surface area contributed by atoms with Crippen LogP contribution in [0.1, 0.15) is 13.3 Å². The van der Waals surface area contributed by atoms with Crippen LogP contribution in [0.2, 0.25) is 0 Å². The lowest BCUT2D eigenvalue weighted by atomic mass is 10.1. The summed E-state index contributed by atoms with van der Waals surface area (Å²) < 4.78 is 0. The second-order valence-electron chi connectivity index (χ2n) is 3.92. The fraction of sp³-hybridized carbons (Fsp3) is 0.417. The SMILES string of the molecule is CC1CCN(C)C1=Nc1ccccc1. The summed E-state index contributed by atoms with van der Waals surface area (Å²) in [5.74, 6) is 1.82. The molecule has 0 spiro atoms.